The van der Waals surface area contributed by atoms with Crippen molar-refractivity contribution in [3.63, 3.8) is 0 Å². The van der Waals surface area contributed by atoms with Gasteiger partial charge < -0.3 is 14.2 Å². The lowest BCUT2D eigenvalue weighted by atomic mass is 9.76. The molecule has 3 aliphatic rings. The fraction of sp³-hybridized carbons (Fsp3) is 1.00. The second-order valence-electron chi connectivity index (χ2n) is 3.93. The molecule has 0 aromatic carbocycles. The van der Waals surface area contributed by atoms with Crippen molar-refractivity contribution in [3.8, 4) is 0 Å². The van der Waals surface area contributed by atoms with Crippen molar-refractivity contribution >= 4 is 0 Å². The monoisotopic (exact) mass is 170 g/mol. The van der Waals surface area contributed by atoms with Gasteiger partial charge in [-0.2, -0.15) is 0 Å². The predicted molar refractivity (Wildman–Crippen MR) is 41.9 cm³/mol. The highest BCUT2D eigenvalue weighted by Gasteiger charge is 2.63. The molecule has 68 valence electrons. The van der Waals surface area contributed by atoms with Gasteiger partial charge in [-0.25, -0.2) is 0 Å². The summed E-state index contributed by atoms with van der Waals surface area (Å²) in [6.07, 6.45) is 2.37. The lowest BCUT2D eigenvalue weighted by Crippen LogP contribution is -2.38. The molecule has 3 heteroatoms. The highest BCUT2D eigenvalue weighted by molar-refractivity contribution is 5.10. The summed E-state index contributed by atoms with van der Waals surface area (Å²) in [5, 5.41) is 0. The molecular weight excluding hydrogens is 156 g/mol. The molecule has 3 atom stereocenters. The summed E-state index contributed by atoms with van der Waals surface area (Å²) in [6.45, 7) is 4.94. The van der Waals surface area contributed by atoms with Crippen LogP contribution in [0.15, 0.2) is 0 Å². The minimum Gasteiger partial charge on any atom is -0.372 e. The third-order valence-electron chi connectivity index (χ3n) is 3.41. The maximum atomic E-state index is 5.41. The van der Waals surface area contributed by atoms with Crippen LogP contribution in [-0.2, 0) is 14.2 Å². The summed E-state index contributed by atoms with van der Waals surface area (Å²) in [5.74, 6) is 0. The van der Waals surface area contributed by atoms with Gasteiger partial charge in [-0.05, 0) is 6.42 Å². The Bertz CT molecular complexity index is 161. The summed E-state index contributed by atoms with van der Waals surface area (Å²) in [4.78, 5) is 0. The molecule has 0 N–H and O–H groups in total. The Labute approximate surface area is 72.0 Å². The Kier molecular flexibility index (Phi) is 1.35. The molecule has 3 fully saturated rings. The zero-order chi connectivity index (χ0) is 8.18. The fourth-order valence-electron chi connectivity index (χ4n) is 2.38. The van der Waals surface area contributed by atoms with Gasteiger partial charge in [0, 0.05) is 0 Å². The summed E-state index contributed by atoms with van der Waals surface area (Å²) < 4.78 is 16.2. The van der Waals surface area contributed by atoms with Gasteiger partial charge in [0.2, 0.25) is 0 Å². The van der Waals surface area contributed by atoms with Gasteiger partial charge in [-0.3, -0.25) is 0 Å². The fourth-order valence-corrected chi connectivity index (χ4v) is 2.38. The first-order chi connectivity index (χ1) is 5.88. The summed E-state index contributed by atoms with van der Waals surface area (Å²) in [5.41, 5.74) is 0.208. The number of ether oxygens (including phenoxy) is 3. The molecular formula is C9H14O3. The molecule has 3 aliphatic heterocycles. The molecule has 0 aromatic heterocycles. The smallest absolute Gasteiger partial charge is 0.0917 e. The molecule has 0 aliphatic carbocycles. The van der Waals surface area contributed by atoms with E-state index >= 15 is 0 Å². The molecule has 0 spiro atoms. The molecule has 3 saturated heterocycles. The van der Waals surface area contributed by atoms with Gasteiger partial charge >= 0.3 is 0 Å². The molecule has 3 nitrogen and oxygen atoms in total. The van der Waals surface area contributed by atoms with Crippen LogP contribution in [0.3, 0.4) is 0 Å². The van der Waals surface area contributed by atoms with Crippen LogP contribution in [0.2, 0.25) is 0 Å². The molecule has 0 bridgehead atoms. The van der Waals surface area contributed by atoms with Gasteiger partial charge in [0.05, 0.1) is 43.5 Å². The average Bonchev–Trinajstić information content (AvgIpc) is 2.94. The quantitative estimate of drug-likeness (QED) is 0.579. The van der Waals surface area contributed by atoms with Crippen LogP contribution in [0.5, 0.6) is 0 Å². The van der Waals surface area contributed by atoms with E-state index in [-0.39, 0.29) is 5.41 Å². The van der Waals surface area contributed by atoms with Crippen molar-refractivity contribution < 1.29 is 14.2 Å². The van der Waals surface area contributed by atoms with E-state index in [4.69, 9.17) is 14.2 Å². The van der Waals surface area contributed by atoms with Gasteiger partial charge in [0.1, 0.15) is 0 Å². The number of hydrogen-bond donors (Lipinski definition) is 0. The lowest BCUT2D eigenvalue weighted by Gasteiger charge is -2.27. The summed E-state index contributed by atoms with van der Waals surface area (Å²) >= 11 is 0. The summed E-state index contributed by atoms with van der Waals surface area (Å²) in [7, 11) is 0. The third-order valence-corrected chi connectivity index (χ3v) is 3.41. The van der Waals surface area contributed by atoms with E-state index in [2.05, 4.69) is 6.92 Å². The largest absolute Gasteiger partial charge is 0.372 e. The Morgan fingerprint density at radius 1 is 1.00 bits per heavy atom. The van der Waals surface area contributed by atoms with E-state index in [0.29, 0.717) is 18.3 Å². The SMILES string of the molecule is CCC(C1CO1)(C1CO1)C1CO1. The average molecular weight is 170 g/mol. The topological polar surface area (TPSA) is 37.6 Å². The van der Waals surface area contributed by atoms with Crippen LogP contribution in [0.25, 0.3) is 0 Å². The molecule has 0 saturated carbocycles. The molecule has 0 radical (unpaired) electrons. The second-order valence-corrected chi connectivity index (χ2v) is 3.93. The van der Waals surface area contributed by atoms with Gasteiger partial charge in [0.25, 0.3) is 0 Å². The number of epoxide rings is 3. The van der Waals surface area contributed by atoms with Crippen LogP contribution in [0, 0.1) is 5.41 Å². The van der Waals surface area contributed by atoms with E-state index in [0.717, 1.165) is 26.2 Å². The van der Waals surface area contributed by atoms with Gasteiger partial charge in [-0.1, -0.05) is 6.92 Å². The van der Waals surface area contributed by atoms with Crippen LogP contribution in [0.1, 0.15) is 13.3 Å². The molecule has 3 unspecified atom stereocenters. The lowest BCUT2D eigenvalue weighted by molar-refractivity contribution is 0.0936. The minimum atomic E-state index is 0.208. The Balaban J connectivity index is 1.85. The predicted octanol–water partition coefficient (Wildman–Crippen LogP) is 0.579. The molecule has 12 heavy (non-hydrogen) atoms. The second kappa shape index (κ2) is 2.22. The third kappa shape index (κ3) is 0.873. The van der Waals surface area contributed by atoms with E-state index in [9.17, 15) is 0 Å². The van der Waals surface area contributed by atoms with Gasteiger partial charge in [-0.15, -0.1) is 0 Å². The van der Waals surface area contributed by atoms with Crippen molar-refractivity contribution in [2.75, 3.05) is 19.8 Å². The van der Waals surface area contributed by atoms with Crippen molar-refractivity contribution in [2.45, 2.75) is 31.7 Å². The molecule has 3 rings (SSSR count). The van der Waals surface area contributed by atoms with Crippen molar-refractivity contribution in [1.29, 1.82) is 0 Å². The minimum absolute atomic E-state index is 0.208. The zero-order valence-corrected chi connectivity index (χ0v) is 7.29. The zero-order valence-electron chi connectivity index (χ0n) is 7.29. The molecule has 0 aromatic rings. The van der Waals surface area contributed by atoms with E-state index in [1.807, 2.05) is 0 Å². The number of rotatable bonds is 4. The first kappa shape index (κ1) is 7.30. The van der Waals surface area contributed by atoms with Crippen LogP contribution >= 0.6 is 0 Å². The van der Waals surface area contributed by atoms with E-state index < -0.39 is 0 Å². The van der Waals surface area contributed by atoms with Crippen LogP contribution in [0.4, 0.5) is 0 Å². The highest BCUT2D eigenvalue weighted by Crippen LogP contribution is 2.52. The van der Waals surface area contributed by atoms with Crippen LogP contribution < -0.4 is 0 Å². The van der Waals surface area contributed by atoms with Crippen molar-refractivity contribution in [1.82, 2.24) is 0 Å². The summed E-state index contributed by atoms with van der Waals surface area (Å²) in [6, 6.07) is 0. The van der Waals surface area contributed by atoms with E-state index in [1.165, 1.54) is 0 Å². The maximum Gasteiger partial charge on any atom is 0.0917 e. The first-order valence-electron chi connectivity index (χ1n) is 4.72. The maximum absolute atomic E-state index is 5.41. The highest BCUT2D eigenvalue weighted by atomic mass is 16.6. The Hall–Kier alpha value is -0.120. The van der Waals surface area contributed by atoms with Crippen molar-refractivity contribution in [2.24, 2.45) is 5.41 Å². The first-order valence-corrected chi connectivity index (χ1v) is 4.72. The molecule has 0 amide bonds. The van der Waals surface area contributed by atoms with E-state index in [1.54, 1.807) is 0 Å². The Morgan fingerprint density at radius 2 is 1.33 bits per heavy atom. The number of hydrogen-bond acceptors (Lipinski definition) is 3. The van der Waals surface area contributed by atoms with Crippen LogP contribution in [-0.4, -0.2) is 38.1 Å². The van der Waals surface area contributed by atoms with Crippen molar-refractivity contribution in [3.05, 3.63) is 0 Å². The Morgan fingerprint density at radius 3 is 1.50 bits per heavy atom. The normalized spacial score (nSPS) is 48.2. The van der Waals surface area contributed by atoms with Gasteiger partial charge in [0.15, 0.2) is 0 Å². The molecule has 3 heterocycles. The standard InChI is InChI=1S/C9H14O3/c1-2-9(6-3-10-6,7-4-11-7)8-5-12-8/h6-8H,2-5H2,1H3.